The normalized spacial score (nSPS) is 14.3. The molecule has 1 aliphatic rings. The molecule has 0 heterocycles. The number of hydrogen-bond acceptors (Lipinski definition) is 2. The smallest absolute Gasteiger partial charge is 0.323 e. The van der Waals surface area contributed by atoms with Crippen LogP contribution in [0.5, 0.6) is 0 Å². The van der Waals surface area contributed by atoms with Gasteiger partial charge in [0.1, 0.15) is 12.4 Å². The lowest BCUT2D eigenvalue weighted by Crippen LogP contribution is -2.35. The van der Waals surface area contributed by atoms with E-state index in [1.54, 1.807) is 12.1 Å². The third kappa shape index (κ3) is 4.98. The zero-order valence-electron chi connectivity index (χ0n) is 12.4. The Morgan fingerprint density at radius 1 is 1.18 bits per heavy atom. The largest absolute Gasteiger partial charge is 0.480 e. The maximum Gasteiger partial charge on any atom is 0.323 e. The molecule has 5 heteroatoms. The highest BCUT2D eigenvalue weighted by Crippen LogP contribution is 2.21. The Labute approximate surface area is 129 Å². The zero-order valence-corrected chi connectivity index (χ0v) is 12.4. The van der Waals surface area contributed by atoms with E-state index in [1.165, 1.54) is 17.0 Å². The fraction of sp³-hybridized carbons (Fsp3) is 0.412. The Hall–Kier alpha value is -2.17. The van der Waals surface area contributed by atoms with Crippen LogP contribution in [0.25, 0.3) is 0 Å². The maximum atomic E-state index is 12.9. The molecule has 1 N–H and O–H groups in total. The van der Waals surface area contributed by atoms with E-state index in [-0.39, 0.29) is 31.2 Å². The third-order valence-corrected chi connectivity index (χ3v) is 3.73. The summed E-state index contributed by atoms with van der Waals surface area (Å²) < 4.78 is 12.9. The van der Waals surface area contributed by atoms with Crippen molar-refractivity contribution in [3.8, 4) is 0 Å². The van der Waals surface area contributed by atoms with Crippen LogP contribution in [-0.4, -0.2) is 28.4 Å². The summed E-state index contributed by atoms with van der Waals surface area (Å²) >= 11 is 0. The fourth-order valence-corrected chi connectivity index (χ4v) is 2.58. The first-order valence-electron chi connectivity index (χ1n) is 7.46. The van der Waals surface area contributed by atoms with E-state index in [4.69, 9.17) is 5.11 Å². The predicted molar refractivity (Wildman–Crippen MR) is 80.6 cm³/mol. The van der Waals surface area contributed by atoms with Crippen molar-refractivity contribution in [3.63, 3.8) is 0 Å². The monoisotopic (exact) mass is 305 g/mol. The van der Waals surface area contributed by atoms with Crippen LogP contribution in [0.3, 0.4) is 0 Å². The summed E-state index contributed by atoms with van der Waals surface area (Å²) in [6, 6.07) is 5.75. The highest BCUT2D eigenvalue weighted by atomic mass is 19.1. The number of carboxylic acid groups (broad SMARTS) is 1. The molecule has 0 spiro atoms. The molecule has 1 aromatic carbocycles. The van der Waals surface area contributed by atoms with E-state index in [0.29, 0.717) is 5.56 Å². The maximum absolute atomic E-state index is 12.9. The van der Waals surface area contributed by atoms with Crippen LogP contribution in [0.15, 0.2) is 35.9 Å². The predicted octanol–water partition coefficient (Wildman–Crippen LogP) is 3.13. The number of halogens is 1. The average Bonchev–Trinajstić information content (AvgIpc) is 2.49. The molecule has 0 aliphatic heterocycles. The number of aliphatic carboxylic acids is 1. The molecule has 0 atom stereocenters. The number of nitrogens with zero attached hydrogens (tertiary/aromatic N) is 1. The molecule has 4 nitrogen and oxygen atoms in total. The number of allylic oxidation sites excluding steroid dienone is 1. The first-order valence-corrected chi connectivity index (χ1v) is 7.46. The second kappa shape index (κ2) is 7.73. The van der Waals surface area contributed by atoms with Crippen LogP contribution < -0.4 is 0 Å². The standard InChI is InChI=1S/C17H20FNO3/c18-15-8-6-14(7-9-15)11-19(12-17(21)22)16(20)10-13-4-2-1-3-5-13/h4,6-9H,1-3,5,10-12H2,(H,21,22). The second-order valence-corrected chi connectivity index (χ2v) is 5.55. The summed E-state index contributed by atoms with van der Waals surface area (Å²) in [5.41, 5.74) is 1.80. The molecule has 0 bridgehead atoms. The lowest BCUT2D eigenvalue weighted by atomic mass is 9.97. The molecule has 2 rings (SSSR count). The van der Waals surface area contributed by atoms with Crippen molar-refractivity contribution in [2.24, 2.45) is 0 Å². The Balaban J connectivity index is 2.04. The minimum absolute atomic E-state index is 0.179. The van der Waals surface area contributed by atoms with Gasteiger partial charge in [0.25, 0.3) is 0 Å². The Morgan fingerprint density at radius 3 is 2.50 bits per heavy atom. The van der Waals surface area contributed by atoms with E-state index in [0.717, 1.165) is 31.3 Å². The SMILES string of the molecule is O=C(O)CN(Cc1ccc(F)cc1)C(=O)CC1=CCCCC1. The molecular formula is C17H20FNO3. The molecule has 0 aromatic heterocycles. The number of carbonyl (C=O) groups excluding carboxylic acids is 1. The minimum atomic E-state index is -1.05. The molecule has 0 unspecified atom stereocenters. The summed E-state index contributed by atoms with van der Waals surface area (Å²) in [4.78, 5) is 24.7. The van der Waals surface area contributed by atoms with Crippen LogP contribution in [0.4, 0.5) is 4.39 Å². The van der Waals surface area contributed by atoms with Crippen LogP contribution in [0.1, 0.15) is 37.7 Å². The van der Waals surface area contributed by atoms with E-state index < -0.39 is 5.97 Å². The van der Waals surface area contributed by atoms with Crippen LogP contribution in [0, 0.1) is 5.82 Å². The summed E-state index contributed by atoms with van der Waals surface area (Å²) in [5.74, 6) is -1.60. The Morgan fingerprint density at radius 2 is 1.91 bits per heavy atom. The molecule has 1 amide bonds. The highest BCUT2D eigenvalue weighted by Gasteiger charge is 2.19. The number of benzene rings is 1. The molecule has 1 aromatic rings. The van der Waals surface area contributed by atoms with E-state index in [9.17, 15) is 14.0 Å². The topological polar surface area (TPSA) is 57.6 Å². The first kappa shape index (κ1) is 16.2. The van der Waals surface area contributed by atoms with Gasteiger partial charge in [-0.15, -0.1) is 0 Å². The lowest BCUT2D eigenvalue weighted by Gasteiger charge is -2.22. The van der Waals surface area contributed by atoms with Crippen LogP contribution in [0.2, 0.25) is 0 Å². The summed E-state index contributed by atoms with van der Waals surface area (Å²) in [5, 5.41) is 8.99. The van der Waals surface area contributed by atoms with Crippen molar-refractivity contribution in [3.05, 3.63) is 47.3 Å². The Bertz CT molecular complexity index is 566. The number of carboxylic acids is 1. The van der Waals surface area contributed by atoms with Gasteiger partial charge < -0.3 is 10.0 Å². The van der Waals surface area contributed by atoms with Crippen LogP contribution in [-0.2, 0) is 16.1 Å². The molecule has 1 aliphatic carbocycles. The second-order valence-electron chi connectivity index (χ2n) is 5.55. The van der Waals surface area contributed by atoms with E-state index in [1.807, 2.05) is 0 Å². The van der Waals surface area contributed by atoms with Gasteiger partial charge in [-0.3, -0.25) is 9.59 Å². The van der Waals surface area contributed by atoms with Crippen molar-refractivity contribution < 1.29 is 19.1 Å². The van der Waals surface area contributed by atoms with Crippen molar-refractivity contribution in [2.75, 3.05) is 6.54 Å². The number of amides is 1. The van der Waals surface area contributed by atoms with Gasteiger partial charge in [-0.1, -0.05) is 23.8 Å². The number of carbonyl (C=O) groups is 2. The minimum Gasteiger partial charge on any atom is -0.480 e. The van der Waals surface area contributed by atoms with Gasteiger partial charge in [0.15, 0.2) is 0 Å². The fourth-order valence-electron chi connectivity index (χ4n) is 2.58. The number of hydrogen-bond donors (Lipinski definition) is 1. The van der Waals surface area contributed by atoms with Gasteiger partial charge in [0.2, 0.25) is 5.91 Å². The Kier molecular flexibility index (Phi) is 5.69. The molecular weight excluding hydrogens is 285 g/mol. The summed E-state index contributed by atoms with van der Waals surface area (Å²) in [6.45, 7) is -0.165. The average molecular weight is 305 g/mol. The molecule has 0 saturated carbocycles. The quantitative estimate of drug-likeness (QED) is 0.821. The van der Waals surface area contributed by atoms with Crippen molar-refractivity contribution in [1.29, 1.82) is 0 Å². The number of rotatable bonds is 6. The molecule has 0 radical (unpaired) electrons. The summed E-state index contributed by atoms with van der Waals surface area (Å²) in [7, 11) is 0. The van der Waals surface area contributed by atoms with Gasteiger partial charge in [-0.2, -0.15) is 0 Å². The zero-order chi connectivity index (χ0) is 15.9. The molecule has 0 fully saturated rings. The van der Waals surface area contributed by atoms with Gasteiger partial charge in [-0.25, -0.2) is 4.39 Å². The van der Waals surface area contributed by atoms with Crippen molar-refractivity contribution >= 4 is 11.9 Å². The molecule has 0 saturated heterocycles. The lowest BCUT2D eigenvalue weighted by molar-refractivity contribution is -0.144. The van der Waals surface area contributed by atoms with Crippen molar-refractivity contribution in [2.45, 2.75) is 38.6 Å². The van der Waals surface area contributed by atoms with Gasteiger partial charge in [0, 0.05) is 13.0 Å². The van der Waals surface area contributed by atoms with E-state index in [2.05, 4.69) is 6.08 Å². The third-order valence-electron chi connectivity index (χ3n) is 3.73. The van der Waals surface area contributed by atoms with Gasteiger partial charge in [-0.05, 0) is 43.4 Å². The van der Waals surface area contributed by atoms with Crippen LogP contribution >= 0.6 is 0 Å². The van der Waals surface area contributed by atoms with Gasteiger partial charge in [0.05, 0.1) is 0 Å². The first-order chi connectivity index (χ1) is 10.5. The van der Waals surface area contributed by atoms with Crippen molar-refractivity contribution in [1.82, 2.24) is 4.90 Å². The summed E-state index contributed by atoms with van der Waals surface area (Å²) in [6.07, 6.45) is 6.47. The molecule has 22 heavy (non-hydrogen) atoms. The van der Waals surface area contributed by atoms with Gasteiger partial charge >= 0.3 is 5.97 Å². The van der Waals surface area contributed by atoms with E-state index >= 15 is 0 Å². The molecule has 118 valence electrons. The highest BCUT2D eigenvalue weighted by molar-refractivity contribution is 5.83.